The molecule has 22 heavy (non-hydrogen) atoms. The molecule has 0 aliphatic carbocycles. The van der Waals surface area contributed by atoms with Crippen LogP contribution >= 0.6 is 0 Å². The van der Waals surface area contributed by atoms with Gasteiger partial charge in [-0.1, -0.05) is 0 Å². The summed E-state index contributed by atoms with van der Waals surface area (Å²) in [5, 5.41) is 29.2. The number of aromatic carboxylic acids is 1. The maximum Gasteiger partial charge on any atom is 0.343 e. The Morgan fingerprint density at radius 1 is 1.18 bits per heavy atom. The molecule has 0 radical (unpaired) electrons. The van der Waals surface area contributed by atoms with Gasteiger partial charge in [0.2, 0.25) is 0 Å². The van der Waals surface area contributed by atoms with E-state index in [-0.39, 0.29) is 28.6 Å². The summed E-state index contributed by atoms with van der Waals surface area (Å²) in [6.45, 7) is 1.76. The van der Waals surface area contributed by atoms with Gasteiger partial charge in [-0.15, -0.1) is 0 Å². The van der Waals surface area contributed by atoms with Crippen LogP contribution in [0.25, 0.3) is 0 Å². The van der Waals surface area contributed by atoms with Gasteiger partial charge in [0, 0.05) is 23.6 Å². The van der Waals surface area contributed by atoms with E-state index in [0.717, 1.165) is 0 Å². The van der Waals surface area contributed by atoms with Crippen LogP contribution < -0.4 is 9.47 Å². The highest BCUT2D eigenvalue weighted by Crippen LogP contribution is 2.48. The van der Waals surface area contributed by atoms with E-state index in [1.807, 2.05) is 0 Å². The fraction of sp³-hybridized carbons (Fsp3) is 0.188. The number of carboxylic acids is 1. The summed E-state index contributed by atoms with van der Waals surface area (Å²) in [7, 11) is 1.49. The molecule has 114 valence electrons. The summed E-state index contributed by atoms with van der Waals surface area (Å²) in [5.74, 6) is -1.06. The molecular weight excluding hydrogens is 288 g/mol. The van der Waals surface area contributed by atoms with Crippen LogP contribution in [0.5, 0.6) is 28.7 Å². The zero-order valence-electron chi connectivity index (χ0n) is 12.0. The largest absolute Gasteiger partial charge is 0.507 e. The summed E-state index contributed by atoms with van der Waals surface area (Å²) in [6, 6.07) is 4.52. The van der Waals surface area contributed by atoms with Gasteiger partial charge in [0.25, 0.3) is 0 Å². The molecule has 0 bridgehead atoms. The number of benzene rings is 2. The monoisotopic (exact) mass is 302 g/mol. The molecule has 6 heteroatoms. The van der Waals surface area contributed by atoms with Crippen molar-refractivity contribution in [3.05, 3.63) is 40.5 Å². The second kappa shape index (κ2) is 4.84. The zero-order valence-corrected chi connectivity index (χ0v) is 12.0. The van der Waals surface area contributed by atoms with E-state index in [9.17, 15) is 20.1 Å². The molecule has 0 atom stereocenters. The number of ether oxygens (including phenoxy) is 2. The molecule has 1 aliphatic rings. The van der Waals surface area contributed by atoms with Gasteiger partial charge in [-0.25, -0.2) is 4.79 Å². The first kappa shape index (κ1) is 14.1. The summed E-state index contributed by atoms with van der Waals surface area (Å²) in [6.07, 6.45) is 0.377. The van der Waals surface area contributed by atoms with Crippen molar-refractivity contribution in [2.24, 2.45) is 0 Å². The number of hydrogen-bond donors (Lipinski definition) is 3. The number of rotatable bonds is 2. The molecule has 0 fully saturated rings. The highest BCUT2D eigenvalue weighted by Gasteiger charge is 2.29. The molecule has 2 aromatic carbocycles. The van der Waals surface area contributed by atoms with Crippen molar-refractivity contribution >= 4 is 5.97 Å². The Hall–Kier alpha value is -2.89. The summed E-state index contributed by atoms with van der Waals surface area (Å²) < 4.78 is 10.7. The molecule has 2 aromatic rings. The highest BCUT2D eigenvalue weighted by atomic mass is 16.5. The molecule has 0 unspecified atom stereocenters. The summed E-state index contributed by atoms with van der Waals surface area (Å²) in [4.78, 5) is 11.4. The van der Waals surface area contributed by atoms with Gasteiger partial charge in [0.05, 0.1) is 7.11 Å². The Morgan fingerprint density at radius 3 is 2.55 bits per heavy atom. The molecule has 1 heterocycles. The summed E-state index contributed by atoms with van der Waals surface area (Å²) in [5.41, 5.74) is 1.76. The minimum atomic E-state index is -1.29. The third-order valence-corrected chi connectivity index (χ3v) is 3.73. The van der Waals surface area contributed by atoms with Crippen molar-refractivity contribution in [1.82, 2.24) is 0 Å². The first-order valence-electron chi connectivity index (χ1n) is 6.58. The van der Waals surface area contributed by atoms with Crippen LogP contribution in [0.4, 0.5) is 0 Å². The lowest BCUT2D eigenvalue weighted by atomic mass is 9.93. The lowest BCUT2D eigenvalue weighted by Crippen LogP contribution is -2.11. The number of carboxylic acid groups (broad SMARTS) is 1. The zero-order chi connectivity index (χ0) is 16.0. The fourth-order valence-electron chi connectivity index (χ4n) is 2.65. The number of methoxy groups -OCH3 is 1. The van der Waals surface area contributed by atoms with Crippen LogP contribution in [0.2, 0.25) is 0 Å². The van der Waals surface area contributed by atoms with Gasteiger partial charge in [-0.2, -0.15) is 0 Å². The first-order chi connectivity index (χ1) is 10.4. The van der Waals surface area contributed by atoms with Crippen molar-refractivity contribution in [3.63, 3.8) is 0 Å². The molecule has 0 saturated carbocycles. The molecule has 1 aliphatic heterocycles. The lowest BCUT2D eigenvalue weighted by Gasteiger charge is -2.24. The topological polar surface area (TPSA) is 96.2 Å². The van der Waals surface area contributed by atoms with Crippen LogP contribution in [0.3, 0.4) is 0 Å². The Kier molecular flexibility index (Phi) is 3.09. The average molecular weight is 302 g/mol. The number of fused-ring (bicyclic) bond motifs is 2. The number of aryl methyl sites for hydroxylation is 1. The maximum absolute atomic E-state index is 11.4. The molecular formula is C16H14O6. The van der Waals surface area contributed by atoms with Crippen LogP contribution in [-0.2, 0) is 6.42 Å². The Labute approximate surface area is 126 Å². The normalized spacial score (nSPS) is 12.1. The third-order valence-electron chi connectivity index (χ3n) is 3.73. The SMILES string of the molecule is COc1cc(O)c2c(c1)Cc1c(C)cc(O)c(C(=O)O)c1O2. The molecule has 3 N–H and O–H groups in total. The van der Waals surface area contributed by atoms with Crippen LogP contribution in [0.15, 0.2) is 18.2 Å². The van der Waals surface area contributed by atoms with E-state index in [1.54, 1.807) is 13.0 Å². The van der Waals surface area contributed by atoms with Gasteiger partial charge >= 0.3 is 5.97 Å². The number of aromatic hydroxyl groups is 2. The average Bonchev–Trinajstić information content (AvgIpc) is 2.45. The van der Waals surface area contributed by atoms with E-state index in [2.05, 4.69) is 0 Å². The van der Waals surface area contributed by atoms with Crippen molar-refractivity contribution in [2.45, 2.75) is 13.3 Å². The summed E-state index contributed by atoms with van der Waals surface area (Å²) >= 11 is 0. The minimum Gasteiger partial charge on any atom is -0.507 e. The number of phenolic OH excluding ortho intramolecular Hbond substituents is 1. The Balaban J connectivity index is 2.23. The van der Waals surface area contributed by atoms with Crippen LogP contribution in [0, 0.1) is 6.92 Å². The van der Waals surface area contributed by atoms with Crippen molar-refractivity contribution in [3.8, 4) is 28.7 Å². The third kappa shape index (κ3) is 2.00. The second-order valence-corrected chi connectivity index (χ2v) is 5.11. The van der Waals surface area contributed by atoms with Crippen LogP contribution in [-0.4, -0.2) is 28.4 Å². The molecule has 6 nitrogen and oxygen atoms in total. The maximum atomic E-state index is 11.4. The highest BCUT2D eigenvalue weighted by molar-refractivity contribution is 5.95. The van der Waals surface area contributed by atoms with Gasteiger partial charge in [0.15, 0.2) is 11.5 Å². The Bertz CT molecular complexity index is 794. The molecule has 0 saturated heterocycles. The van der Waals surface area contributed by atoms with Crippen molar-refractivity contribution in [2.75, 3.05) is 7.11 Å². The minimum absolute atomic E-state index is 0.0676. The fourth-order valence-corrected chi connectivity index (χ4v) is 2.65. The Morgan fingerprint density at radius 2 is 1.91 bits per heavy atom. The van der Waals surface area contributed by atoms with Crippen molar-refractivity contribution < 1.29 is 29.6 Å². The van der Waals surface area contributed by atoms with Gasteiger partial charge in [-0.05, 0) is 24.6 Å². The molecule has 0 amide bonds. The number of phenols is 2. The molecule has 3 rings (SSSR count). The van der Waals surface area contributed by atoms with E-state index in [0.29, 0.717) is 28.9 Å². The predicted octanol–water partition coefficient (Wildman–Crippen LogP) is 2.81. The number of hydrogen-bond acceptors (Lipinski definition) is 5. The lowest BCUT2D eigenvalue weighted by molar-refractivity contribution is 0.0690. The quantitative estimate of drug-likeness (QED) is 0.673. The van der Waals surface area contributed by atoms with Crippen molar-refractivity contribution in [1.29, 1.82) is 0 Å². The van der Waals surface area contributed by atoms with E-state index in [4.69, 9.17) is 9.47 Å². The second-order valence-electron chi connectivity index (χ2n) is 5.11. The van der Waals surface area contributed by atoms with Gasteiger partial charge < -0.3 is 24.8 Å². The first-order valence-corrected chi connectivity index (χ1v) is 6.58. The van der Waals surface area contributed by atoms with Gasteiger partial charge in [0.1, 0.15) is 22.8 Å². The standard InChI is InChI=1S/C16H14O6/c1-7-3-11(17)13(16(19)20)15-10(7)5-8-4-9(21-2)6-12(18)14(8)22-15/h3-4,6,17-18H,5H2,1-2H3,(H,19,20). The smallest absolute Gasteiger partial charge is 0.343 e. The van der Waals surface area contributed by atoms with E-state index in [1.165, 1.54) is 19.2 Å². The number of carbonyl (C=O) groups is 1. The molecule has 0 aromatic heterocycles. The van der Waals surface area contributed by atoms with E-state index < -0.39 is 5.97 Å². The van der Waals surface area contributed by atoms with Crippen LogP contribution in [0.1, 0.15) is 27.0 Å². The van der Waals surface area contributed by atoms with E-state index >= 15 is 0 Å². The predicted molar refractivity (Wildman–Crippen MR) is 77.3 cm³/mol. The molecule has 0 spiro atoms. The van der Waals surface area contributed by atoms with Gasteiger partial charge in [-0.3, -0.25) is 0 Å².